The lowest BCUT2D eigenvalue weighted by atomic mass is 10.1. The van der Waals surface area contributed by atoms with E-state index in [0.29, 0.717) is 18.0 Å². The first-order valence-electron chi connectivity index (χ1n) is 11.6. The highest BCUT2D eigenvalue weighted by Crippen LogP contribution is 2.29. The summed E-state index contributed by atoms with van der Waals surface area (Å²) in [6.45, 7) is 5.55. The van der Waals surface area contributed by atoms with E-state index in [2.05, 4.69) is 23.4 Å². The number of esters is 1. The molecule has 0 aliphatic carbocycles. The second-order valence-corrected chi connectivity index (χ2v) is 9.01. The molecule has 176 valence electrons. The van der Waals surface area contributed by atoms with Crippen LogP contribution in [0.3, 0.4) is 0 Å². The SMILES string of the molecule is COC(=O)c1ccc2c(c1)nc(-c1ccc3c(c1)ncc(=O)n3Cc1ccccc1)n2CC(C)C. The number of benzene rings is 3. The van der Waals surface area contributed by atoms with Crippen LogP contribution in [0.25, 0.3) is 33.5 Å². The summed E-state index contributed by atoms with van der Waals surface area (Å²) in [6, 6.07) is 21.2. The number of ether oxygens (including phenoxy) is 1. The molecule has 0 N–H and O–H groups in total. The van der Waals surface area contributed by atoms with Crippen LogP contribution in [0.5, 0.6) is 0 Å². The van der Waals surface area contributed by atoms with Gasteiger partial charge in [-0.3, -0.25) is 4.79 Å². The van der Waals surface area contributed by atoms with Crippen LogP contribution >= 0.6 is 0 Å². The third-order valence-corrected chi connectivity index (χ3v) is 6.01. The number of fused-ring (bicyclic) bond motifs is 2. The van der Waals surface area contributed by atoms with Crippen LogP contribution in [0.1, 0.15) is 29.8 Å². The van der Waals surface area contributed by atoms with E-state index in [1.165, 1.54) is 13.3 Å². The van der Waals surface area contributed by atoms with E-state index in [1.807, 2.05) is 54.6 Å². The van der Waals surface area contributed by atoms with Crippen LogP contribution in [0.2, 0.25) is 0 Å². The minimum Gasteiger partial charge on any atom is -0.465 e. The molecule has 0 saturated heterocycles. The number of hydrogen-bond acceptors (Lipinski definition) is 5. The van der Waals surface area contributed by atoms with Gasteiger partial charge in [0.05, 0.1) is 47.5 Å². The van der Waals surface area contributed by atoms with Gasteiger partial charge in [0.1, 0.15) is 5.82 Å². The van der Waals surface area contributed by atoms with Crippen LogP contribution in [-0.2, 0) is 17.8 Å². The minimum atomic E-state index is -0.391. The average Bonchev–Trinajstić information content (AvgIpc) is 3.22. The van der Waals surface area contributed by atoms with Gasteiger partial charge in [-0.1, -0.05) is 44.2 Å². The summed E-state index contributed by atoms with van der Waals surface area (Å²) < 4.78 is 8.78. The quantitative estimate of drug-likeness (QED) is 0.333. The third-order valence-electron chi connectivity index (χ3n) is 6.01. The molecule has 0 radical (unpaired) electrons. The van der Waals surface area contributed by atoms with Crippen molar-refractivity contribution < 1.29 is 9.53 Å². The maximum absolute atomic E-state index is 12.6. The van der Waals surface area contributed by atoms with E-state index in [0.717, 1.165) is 45.6 Å². The van der Waals surface area contributed by atoms with Crippen molar-refractivity contribution in [3.8, 4) is 11.4 Å². The van der Waals surface area contributed by atoms with Gasteiger partial charge in [-0.25, -0.2) is 14.8 Å². The van der Waals surface area contributed by atoms with Gasteiger partial charge in [0.2, 0.25) is 0 Å². The van der Waals surface area contributed by atoms with Crippen molar-refractivity contribution in [2.45, 2.75) is 26.9 Å². The fourth-order valence-electron chi connectivity index (χ4n) is 4.38. The summed E-state index contributed by atoms with van der Waals surface area (Å²) in [5.41, 5.74) is 5.43. The first-order chi connectivity index (χ1) is 16.9. The summed E-state index contributed by atoms with van der Waals surface area (Å²) in [7, 11) is 1.37. The van der Waals surface area contributed by atoms with Gasteiger partial charge in [0.25, 0.3) is 5.56 Å². The summed E-state index contributed by atoms with van der Waals surface area (Å²) >= 11 is 0. The van der Waals surface area contributed by atoms with Gasteiger partial charge in [-0.2, -0.15) is 0 Å². The van der Waals surface area contributed by atoms with Crippen molar-refractivity contribution in [3.63, 3.8) is 0 Å². The molecule has 0 atom stereocenters. The summed E-state index contributed by atoms with van der Waals surface area (Å²) in [5.74, 6) is 0.791. The predicted octanol–water partition coefficient (Wildman–Crippen LogP) is 4.90. The Morgan fingerprint density at radius 1 is 0.943 bits per heavy atom. The molecule has 2 heterocycles. The number of nitrogens with zero attached hydrogens (tertiary/aromatic N) is 4. The number of aromatic nitrogens is 4. The first-order valence-corrected chi connectivity index (χ1v) is 11.6. The zero-order chi connectivity index (χ0) is 24.5. The normalized spacial score (nSPS) is 11.4. The van der Waals surface area contributed by atoms with Gasteiger partial charge < -0.3 is 13.9 Å². The lowest BCUT2D eigenvalue weighted by Crippen LogP contribution is -2.21. The average molecular weight is 467 g/mol. The maximum atomic E-state index is 12.6. The standard InChI is InChI=1S/C28H26N4O3/c1-18(2)16-32-25-12-10-21(28(34)35-3)14-23(25)30-27(32)20-9-11-24-22(13-20)29-15-26(33)31(24)17-19-7-5-4-6-8-19/h4-15,18H,16-17H2,1-3H3. The van der Waals surface area contributed by atoms with Crippen molar-refractivity contribution in [3.05, 3.63) is 94.4 Å². The van der Waals surface area contributed by atoms with Crippen molar-refractivity contribution in [1.82, 2.24) is 19.1 Å². The highest BCUT2D eigenvalue weighted by Gasteiger charge is 2.17. The van der Waals surface area contributed by atoms with E-state index in [-0.39, 0.29) is 5.56 Å². The smallest absolute Gasteiger partial charge is 0.337 e. The predicted molar refractivity (Wildman–Crippen MR) is 136 cm³/mol. The Hall–Kier alpha value is -4.26. The van der Waals surface area contributed by atoms with E-state index >= 15 is 0 Å². The van der Waals surface area contributed by atoms with Crippen molar-refractivity contribution in [2.24, 2.45) is 5.92 Å². The van der Waals surface area contributed by atoms with Gasteiger partial charge in [0.15, 0.2) is 0 Å². The molecule has 0 aliphatic heterocycles. The molecule has 7 heteroatoms. The topological polar surface area (TPSA) is 79.0 Å². The highest BCUT2D eigenvalue weighted by atomic mass is 16.5. The molecule has 0 saturated carbocycles. The number of methoxy groups -OCH3 is 1. The molecule has 3 aromatic carbocycles. The summed E-state index contributed by atoms with van der Waals surface area (Å²) in [5, 5.41) is 0. The van der Waals surface area contributed by atoms with Gasteiger partial charge in [0, 0.05) is 12.1 Å². The minimum absolute atomic E-state index is 0.142. The Bertz CT molecular complexity index is 1600. The molecule has 0 unspecified atom stereocenters. The molecule has 5 rings (SSSR count). The van der Waals surface area contributed by atoms with Gasteiger partial charge >= 0.3 is 5.97 Å². The number of imidazole rings is 1. The monoisotopic (exact) mass is 466 g/mol. The van der Waals surface area contributed by atoms with Crippen molar-refractivity contribution >= 4 is 28.0 Å². The largest absolute Gasteiger partial charge is 0.465 e. The lowest BCUT2D eigenvalue weighted by Gasteiger charge is -2.13. The summed E-state index contributed by atoms with van der Waals surface area (Å²) in [6.07, 6.45) is 1.37. The molecule has 2 aromatic heterocycles. The number of carbonyl (C=O) groups is 1. The molecule has 0 amide bonds. The molecule has 0 bridgehead atoms. The Morgan fingerprint density at radius 2 is 1.69 bits per heavy atom. The molecule has 0 aliphatic rings. The molecule has 35 heavy (non-hydrogen) atoms. The van der Waals surface area contributed by atoms with Crippen molar-refractivity contribution in [2.75, 3.05) is 7.11 Å². The Morgan fingerprint density at radius 3 is 2.43 bits per heavy atom. The lowest BCUT2D eigenvalue weighted by molar-refractivity contribution is 0.0601. The Balaban J connectivity index is 1.64. The zero-order valence-corrected chi connectivity index (χ0v) is 19.9. The molecular weight excluding hydrogens is 440 g/mol. The maximum Gasteiger partial charge on any atom is 0.337 e. The molecule has 0 fully saturated rings. The van der Waals surface area contributed by atoms with E-state index in [1.54, 1.807) is 16.7 Å². The van der Waals surface area contributed by atoms with Crippen LogP contribution in [0.4, 0.5) is 0 Å². The van der Waals surface area contributed by atoms with Crippen LogP contribution in [0, 0.1) is 5.92 Å². The molecule has 0 spiro atoms. The van der Waals surface area contributed by atoms with Crippen molar-refractivity contribution in [1.29, 1.82) is 0 Å². The van der Waals surface area contributed by atoms with Crippen LogP contribution < -0.4 is 5.56 Å². The van der Waals surface area contributed by atoms with Gasteiger partial charge in [-0.15, -0.1) is 0 Å². The van der Waals surface area contributed by atoms with E-state index in [9.17, 15) is 9.59 Å². The number of hydrogen-bond donors (Lipinski definition) is 0. The number of rotatable bonds is 6. The molecule has 7 nitrogen and oxygen atoms in total. The van der Waals surface area contributed by atoms with Crippen LogP contribution in [-0.4, -0.2) is 32.2 Å². The third kappa shape index (κ3) is 4.33. The fourth-order valence-corrected chi connectivity index (χ4v) is 4.38. The fraction of sp³-hybridized carbons (Fsp3) is 0.214. The first kappa shape index (κ1) is 22.5. The second kappa shape index (κ2) is 9.18. The van der Waals surface area contributed by atoms with E-state index < -0.39 is 5.97 Å². The second-order valence-electron chi connectivity index (χ2n) is 9.01. The van der Waals surface area contributed by atoms with E-state index in [4.69, 9.17) is 9.72 Å². The Kier molecular flexibility index (Phi) is 5.91. The Labute approximate surface area is 202 Å². The van der Waals surface area contributed by atoms with Gasteiger partial charge in [-0.05, 0) is 47.9 Å². The zero-order valence-electron chi connectivity index (χ0n) is 19.9. The highest BCUT2D eigenvalue weighted by molar-refractivity contribution is 5.94. The van der Waals surface area contributed by atoms with Crippen LogP contribution in [0.15, 0.2) is 77.7 Å². The molecular formula is C28H26N4O3. The summed E-state index contributed by atoms with van der Waals surface area (Å²) in [4.78, 5) is 34.0. The molecule has 5 aromatic rings. The number of carbonyl (C=O) groups excluding carboxylic acids is 1.